The summed E-state index contributed by atoms with van der Waals surface area (Å²) in [6, 6.07) is 9.00. The van der Waals surface area contributed by atoms with Gasteiger partial charge in [-0.05, 0) is 49.7 Å². The van der Waals surface area contributed by atoms with Gasteiger partial charge in [0.2, 0.25) is 5.91 Å². The van der Waals surface area contributed by atoms with E-state index in [0.717, 1.165) is 11.3 Å². The van der Waals surface area contributed by atoms with Crippen LogP contribution in [-0.2, 0) is 9.53 Å². The molecule has 0 aliphatic carbocycles. The van der Waals surface area contributed by atoms with Gasteiger partial charge in [-0.2, -0.15) is 0 Å². The van der Waals surface area contributed by atoms with E-state index in [1.54, 1.807) is 17.9 Å². The predicted octanol–water partition coefficient (Wildman–Crippen LogP) is 1.76. The normalized spacial score (nSPS) is 15.7. The van der Waals surface area contributed by atoms with Crippen LogP contribution in [-0.4, -0.2) is 53.6 Å². The molecule has 1 aliphatic rings. The van der Waals surface area contributed by atoms with E-state index in [0.29, 0.717) is 31.9 Å². The van der Waals surface area contributed by atoms with E-state index in [9.17, 15) is 9.59 Å². The highest BCUT2D eigenvalue weighted by atomic mass is 16.5. The van der Waals surface area contributed by atoms with E-state index >= 15 is 0 Å². The van der Waals surface area contributed by atoms with E-state index in [1.165, 1.54) is 0 Å². The first-order chi connectivity index (χ1) is 12.1. The summed E-state index contributed by atoms with van der Waals surface area (Å²) in [6.07, 6.45) is 3.91. The first kappa shape index (κ1) is 17.2. The zero-order valence-electron chi connectivity index (χ0n) is 14.6. The van der Waals surface area contributed by atoms with Crippen molar-refractivity contribution in [1.82, 2.24) is 14.8 Å². The Balaban J connectivity index is 1.67. The zero-order valence-corrected chi connectivity index (χ0v) is 14.6. The van der Waals surface area contributed by atoms with E-state index in [-0.39, 0.29) is 11.8 Å². The molecule has 2 amide bonds. The van der Waals surface area contributed by atoms with Gasteiger partial charge >= 0.3 is 0 Å². The number of carbonyl (C=O) groups excluding carboxylic acids is 2. The van der Waals surface area contributed by atoms with Gasteiger partial charge in [0.15, 0.2) is 0 Å². The molecule has 0 radical (unpaired) electrons. The van der Waals surface area contributed by atoms with Crippen LogP contribution >= 0.6 is 0 Å². The molecule has 1 aliphatic heterocycles. The molecule has 1 atom stereocenters. The molecule has 1 aromatic heterocycles. The lowest BCUT2D eigenvalue weighted by molar-refractivity contribution is -0.136. The van der Waals surface area contributed by atoms with Crippen molar-refractivity contribution in [1.29, 1.82) is 0 Å². The number of aromatic nitrogens is 1. The van der Waals surface area contributed by atoms with Crippen LogP contribution in [0.4, 0.5) is 0 Å². The van der Waals surface area contributed by atoms with Gasteiger partial charge in [-0.25, -0.2) is 0 Å². The third-order valence-corrected chi connectivity index (χ3v) is 4.40. The summed E-state index contributed by atoms with van der Waals surface area (Å²) >= 11 is 0. The van der Waals surface area contributed by atoms with Gasteiger partial charge in [0.1, 0.15) is 6.04 Å². The van der Waals surface area contributed by atoms with Crippen LogP contribution < -0.4 is 5.32 Å². The van der Waals surface area contributed by atoms with Crippen molar-refractivity contribution in [2.24, 2.45) is 0 Å². The standard InChI is InChI=1S/C19H23N3O3/c1-14-13-16(21-7-3-4-8-21)5-6-17(14)18(23)20-15(2)19(24)22-9-11-25-12-10-22/h3-8,13,15H,9-12H2,1-2H3,(H,20,23). The Labute approximate surface area is 147 Å². The molecule has 3 rings (SSSR count). The molecule has 0 spiro atoms. The molecule has 1 aromatic carbocycles. The maximum absolute atomic E-state index is 12.5. The number of nitrogens with one attached hydrogen (secondary N) is 1. The fraction of sp³-hybridized carbons (Fsp3) is 0.368. The van der Waals surface area contributed by atoms with Crippen LogP contribution in [0.5, 0.6) is 0 Å². The number of nitrogens with zero attached hydrogens (tertiary/aromatic N) is 2. The minimum absolute atomic E-state index is 0.0711. The average Bonchev–Trinajstić information content (AvgIpc) is 3.16. The van der Waals surface area contributed by atoms with Crippen molar-refractivity contribution in [3.8, 4) is 5.69 Å². The first-order valence-electron chi connectivity index (χ1n) is 8.47. The van der Waals surface area contributed by atoms with Gasteiger partial charge in [0, 0.05) is 36.7 Å². The second kappa shape index (κ2) is 7.53. The summed E-state index contributed by atoms with van der Waals surface area (Å²) < 4.78 is 7.24. The number of morpholine rings is 1. The molecule has 0 bridgehead atoms. The lowest BCUT2D eigenvalue weighted by Crippen LogP contribution is -2.50. The largest absolute Gasteiger partial charge is 0.378 e. The molecule has 1 unspecified atom stereocenters. The quantitative estimate of drug-likeness (QED) is 0.922. The predicted molar refractivity (Wildman–Crippen MR) is 94.8 cm³/mol. The molecule has 132 valence electrons. The van der Waals surface area contributed by atoms with Gasteiger partial charge in [-0.15, -0.1) is 0 Å². The Kier molecular flexibility index (Phi) is 5.19. The minimum atomic E-state index is -0.561. The number of ether oxygens (including phenoxy) is 1. The zero-order chi connectivity index (χ0) is 17.8. The summed E-state index contributed by atoms with van der Waals surface area (Å²) in [4.78, 5) is 26.7. The van der Waals surface area contributed by atoms with E-state index in [2.05, 4.69) is 5.32 Å². The molecule has 1 N–H and O–H groups in total. The summed E-state index contributed by atoms with van der Waals surface area (Å²) in [6.45, 7) is 5.86. The average molecular weight is 341 g/mol. The Morgan fingerprint density at radius 1 is 1.16 bits per heavy atom. The molecule has 2 heterocycles. The monoisotopic (exact) mass is 341 g/mol. The number of amides is 2. The highest BCUT2D eigenvalue weighted by Gasteiger charge is 2.24. The van der Waals surface area contributed by atoms with Crippen molar-refractivity contribution in [2.45, 2.75) is 19.9 Å². The van der Waals surface area contributed by atoms with Crippen molar-refractivity contribution in [3.05, 3.63) is 53.9 Å². The van der Waals surface area contributed by atoms with Gasteiger partial charge in [0.05, 0.1) is 13.2 Å². The van der Waals surface area contributed by atoms with Crippen molar-refractivity contribution in [2.75, 3.05) is 26.3 Å². The Morgan fingerprint density at radius 2 is 1.84 bits per heavy atom. The highest BCUT2D eigenvalue weighted by Crippen LogP contribution is 2.15. The maximum Gasteiger partial charge on any atom is 0.252 e. The lowest BCUT2D eigenvalue weighted by Gasteiger charge is -2.29. The second-order valence-electron chi connectivity index (χ2n) is 6.22. The van der Waals surface area contributed by atoms with Crippen molar-refractivity contribution >= 4 is 11.8 Å². The summed E-state index contributed by atoms with van der Waals surface area (Å²) in [7, 11) is 0. The molecular formula is C19H23N3O3. The van der Waals surface area contributed by atoms with Crippen molar-refractivity contribution < 1.29 is 14.3 Å². The number of benzene rings is 1. The van der Waals surface area contributed by atoms with Crippen LogP contribution in [0, 0.1) is 6.92 Å². The Bertz CT molecular complexity index is 749. The molecular weight excluding hydrogens is 318 g/mol. The summed E-state index contributed by atoms with van der Waals surface area (Å²) in [5, 5.41) is 2.81. The molecule has 6 heteroatoms. The lowest BCUT2D eigenvalue weighted by atomic mass is 10.1. The highest BCUT2D eigenvalue weighted by molar-refractivity contribution is 5.98. The van der Waals surface area contributed by atoms with Crippen LogP contribution in [0.1, 0.15) is 22.8 Å². The molecule has 0 saturated carbocycles. The van der Waals surface area contributed by atoms with Crippen molar-refractivity contribution in [3.63, 3.8) is 0 Å². The van der Waals surface area contributed by atoms with E-state index in [1.807, 2.05) is 48.1 Å². The number of hydrogen-bond donors (Lipinski definition) is 1. The van der Waals surface area contributed by atoms with Gasteiger partial charge in [-0.3, -0.25) is 9.59 Å². The SMILES string of the molecule is Cc1cc(-n2cccc2)ccc1C(=O)NC(C)C(=O)N1CCOCC1. The fourth-order valence-corrected chi connectivity index (χ4v) is 2.96. The summed E-state index contributed by atoms with van der Waals surface area (Å²) in [5.41, 5.74) is 2.45. The first-order valence-corrected chi connectivity index (χ1v) is 8.47. The number of rotatable bonds is 4. The molecule has 1 fully saturated rings. The van der Waals surface area contributed by atoms with Crippen LogP contribution in [0.15, 0.2) is 42.7 Å². The van der Waals surface area contributed by atoms with Gasteiger partial charge in [-0.1, -0.05) is 0 Å². The second-order valence-corrected chi connectivity index (χ2v) is 6.22. The smallest absolute Gasteiger partial charge is 0.252 e. The summed E-state index contributed by atoms with van der Waals surface area (Å²) in [5.74, 6) is -0.302. The Hall–Kier alpha value is -2.60. The van der Waals surface area contributed by atoms with Crippen LogP contribution in [0.2, 0.25) is 0 Å². The Morgan fingerprint density at radius 3 is 2.48 bits per heavy atom. The minimum Gasteiger partial charge on any atom is -0.378 e. The van der Waals surface area contributed by atoms with E-state index < -0.39 is 6.04 Å². The molecule has 2 aromatic rings. The third kappa shape index (κ3) is 3.91. The van der Waals surface area contributed by atoms with Gasteiger partial charge < -0.3 is 19.5 Å². The molecule has 6 nitrogen and oxygen atoms in total. The number of aryl methyl sites for hydroxylation is 1. The van der Waals surface area contributed by atoms with Crippen LogP contribution in [0.25, 0.3) is 5.69 Å². The van der Waals surface area contributed by atoms with E-state index in [4.69, 9.17) is 4.74 Å². The fourth-order valence-electron chi connectivity index (χ4n) is 2.96. The maximum atomic E-state index is 12.5. The van der Waals surface area contributed by atoms with Crippen LogP contribution in [0.3, 0.4) is 0 Å². The number of hydrogen-bond acceptors (Lipinski definition) is 3. The molecule has 25 heavy (non-hydrogen) atoms. The topological polar surface area (TPSA) is 63.6 Å². The van der Waals surface area contributed by atoms with Gasteiger partial charge in [0.25, 0.3) is 5.91 Å². The molecule has 1 saturated heterocycles. The number of carbonyl (C=O) groups is 2. The third-order valence-electron chi connectivity index (χ3n) is 4.40.